The average Bonchev–Trinajstić information content (AvgIpc) is 2.23. The van der Waals surface area contributed by atoms with E-state index >= 15 is 0 Å². The summed E-state index contributed by atoms with van der Waals surface area (Å²) in [6.07, 6.45) is -0.415. The van der Waals surface area contributed by atoms with Gasteiger partial charge in [-0.25, -0.2) is 0 Å². The van der Waals surface area contributed by atoms with Crippen LogP contribution < -0.4 is 10.1 Å². The highest BCUT2D eigenvalue weighted by atomic mass is 16.5. The van der Waals surface area contributed by atoms with Gasteiger partial charge in [0.1, 0.15) is 11.8 Å². The van der Waals surface area contributed by atoms with Crippen molar-refractivity contribution in [2.45, 2.75) is 26.5 Å². The number of hydrogen-bond acceptors (Lipinski definition) is 3. The normalized spacial score (nSPS) is 11.9. The maximum absolute atomic E-state index is 8.72. The first-order chi connectivity index (χ1) is 7.19. The molecule has 1 rings (SSSR count). The van der Waals surface area contributed by atoms with Gasteiger partial charge in [-0.2, -0.15) is 5.26 Å². The minimum atomic E-state index is -0.415. The summed E-state index contributed by atoms with van der Waals surface area (Å²) in [4.78, 5) is 0. The van der Waals surface area contributed by atoms with E-state index in [2.05, 4.69) is 11.4 Å². The van der Waals surface area contributed by atoms with Gasteiger partial charge in [-0.3, -0.25) is 0 Å². The highest BCUT2D eigenvalue weighted by Gasteiger charge is 2.09. The highest BCUT2D eigenvalue weighted by Crippen LogP contribution is 2.24. The predicted molar refractivity (Wildman–Crippen MR) is 59.6 cm³/mol. The van der Waals surface area contributed by atoms with Gasteiger partial charge in [0.25, 0.3) is 0 Å². The molecule has 0 aliphatic heterocycles. The largest absolute Gasteiger partial charge is 0.475 e. The molecule has 1 atom stereocenters. The van der Waals surface area contributed by atoms with Gasteiger partial charge in [-0.15, -0.1) is 0 Å². The second-order valence-corrected chi connectivity index (χ2v) is 3.48. The van der Waals surface area contributed by atoms with Crippen LogP contribution >= 0.6 is 0 Å². The van der Waals surface area contributed by atoms with E-state index in [0.29, 0.717) is 0 Å². The van der Waals surface area contributed by atoms with Crippen LogP contribution in [0.2, 0.25) is 0 Å². The molecule has 0 spiro atoms. The van der Waals surface area contributed by atoms with E-state index in [-0.39, 0.29) is 0 Å². The van der Waals surface area contributed by atoms with Gasteiger partial charge in [0.05, 0.1) is 0 Å². The number of nitrogens with zero attached hydrogens (tertiary/aromatic N) is 1. The van der Waals surface area contributed by atoms with Crippen molar-refractivity contribution in [2.24, 2.45) is 0 Å². The third-order valence-electron chi connectivity index (χ3n) is 2.14. The fourth-order valence-electron chi connectivity index (χ4n) is 1.41. The zero-order valence-electron chi connectivity index (χ0n) is 9.37. The van der Waals surface area contributed by atoms with E-state index in [1.54, 1.807) is 6.92 Å². The molecule has 0 bridgehead atoms. The summed E-state index contributed by atoms with van der Waals surface area (Å²) in [5.41, 5.74) is 2.14. The van der Waals surface area contributed by atoms with Crippen molar-refractivity contribution in [1.29, 1.82) is 5.26 Å². The smallest absolute Gasteiger partial charge is 0.181 e. The van der Waals surface area contributed by atoms with Crippen LogP contribution in [0.4, 0.5) is 0 Å². The number of aryl methyl sites for hydroxylation is 1. The Morgan fingerprint density at radius 1 is 1.53 bits per heavy atom. The van der Waals surface area contributed by atoms with Crippen LogP contribution in [-0.4, -0.2) is 13.2 Å². The lowest BCUT2D eigenvalue weighted by Crippen LogP contribution is -2.13. The quantitative estimate of drug-likeness (QED) is 0.816. The van der Waals surface area contributed by atoms with Crippen molar-refractivity contribution >= 4 is 0 Å². The molecule has 15 heavy (non-hydrogen) atoms. The van der Waals surface area contributed by atoms with Crippen LogP contribution in [0, 0.1) is 18.3 Å². The van der Waals surface area contributed by atoms with Gasteiger partial charge in [0, 0.05) is 12.1 Å². The molecule has 0 heterocycles. The average molecular weight is 204 g/mol. The topological polar surface area (TPSA) is 45.0 Å². The number of para-hydroxylation sites is 1. The first-order valence-electron chi connectivity index (χ1n) is 4.98. The SMILES string of the molecule is CNCc1cccc(C)c1OC(C)C#N. The fraction of sp³-hybridized carbons (Fsp3) is 0.417. The lowest BCUT2D eigenvalue weighted by molar-refractivity contribution is 0.271. The first-order valence-corrected chi connectivity index (χ1v) is 4.98. The number of nitriles is 1. The maximum atomic E-state index is 8.72. The van der Waals surface area contributed by atoms with Crippen LogP contribution in [0.3, 0.4) is 0 Å². The van der Waals surface area contributed by atoms with Crippen molar-refractivity contribution in [3.05, 3.63) is 29.3 Å². The summed E-state index contributed by atoms with van der Waals surface area (Å²) >= 11 is 0. The first kappa shape index (κ1) is 11.5. The Labute approximate surface area is 90.7 Å². The van der Waals surface area contributed by atoms with Crippen molar-refractivity contribution in [2.75, 3.05) is 7.05 Å². The minimum absolute atomic E-state index is 0.415. The predicted octanol–water partition coefficient (Wildman–Crippen LogP) is 2.01. The lowest BCUT2D eigenvalue weighted by atomic mass is 10.1. The third kappa shape index (κ3) is 2.97. The summed E-state index contributed by atoms with van der Waals surface area (Å²) in [5.74, 6) is 0.820. The van der Waals surface area contributed by atoms with Crippen molar-refractivity contribution in [3.63, 3.8) is 0 Å². The van der Waals surface area contributed by atoms with Gasteiger partial charge in [-0.05, 0) is 26.5 Å². The van der Waals surface area contributed by atoms with E-state index in [0.717, 1.165) is 23.4 Å². The molecule has 0 fully saturated rings. The molecule has 1 aromatic carbocycles. The van der Waals surface area contributed by atoms with E-state index in [4.69, 9.17) is 10.00 Å². The van der Waals surface area contributed by atoms with Gasteiger partial charge < -0.3 is 10.1 Å². The van der Waals surface area contributed by atoms with Crippen molar-refractivity contribution in [1.82, 2.24) is 5.32 Å². The molecule has 0 aliphatic rings. The molecule has 0 amide bonds. The van der Waals surface area contributed by atoms with Gasteiger partial charge in [-0.1, -0.05) is 18.2 Å². The monoisotopic (exact) mass is 204 g/mol. The molecular formula is C12H16N2O. The van der Waals surface area contributed by atoms with Crippen LogP contribution in [0.1, 0.15) is 18.1 Å². The number of benzene rings is 1. The van der Waals surface area contributed by atoms with E-state index in [1.807, 2.05) is 32.2 Å². The fourth-order valence-corrected chi connectivity index (χ4v) is 1.41. The molecule has 0 aromatic heterocycles. The standard InChI is InChI=1S/C12H16N2O/c1-9-5-4-6-11(8-14-3)12(9)15-10(2)7-13/h4-6,10,14H,8H2,1-3H3. The van der Waals surface area contributed by atoms with Gasteiger partial charge >= 0.3 is 0 Å². The van der Waals surface area contributed by atoms with Crippen LogP contribution in [0.25, 0.3) is 0 Å². The summed E-state index contributed by atoms with van der Waals surface area (Å²) in [6.45, 7) is 4.48. The zero-order valence-corrected chi connectivity index (χ0v) is 9.37. The maximum Gasteiger partial charge on any atom is 0.181 e. The molecular weight excluding hydrogens is 188 g/mol. The van der Waals surface area contributed by atoms with E-state index in [9.17, 15) is 0 Å². The Morgan fingerprint density at radius 2 is 2.27 bits per heavy atom. The molecule has 3 nitrogen and oxygen atoms in total. The number of nitrogens with one attached hydrogen (secondary N) is 1. The molecule has 80 valence electrons. The Hall–Kier alpha value is -1.53. The van der Waals surface area contributed by atoms with Crippen molar-refractivity contribution in [3.8, 4) is 11.8 Å². The molecule has 1 aromatic rings. The van der Waals surface area contributed by atoms with Crippen LogP contribution in [0.5, 0.6) is 5.75 Å². The van der Waals surface area contributed by atoms with Crippen LogP contribution in [0.15, 0.2) is 18.2 Å². The highest BCUT2D eigenvalue weighted by molar-refractivity contribution is 5.41. The molecule has 3 heteroatoms. The number of rotatable bonds is 4. The molecule has 0 radical (unpaired) electrons. The number of hydrogen-bond donors (Lipinski definition) is 1. The molecule has 0 saturated heterocycles. The Balaban J connectivity index is 2.97. The van der Waals surface area contributed by atoms with E-state index < -0.39 is 6.10 Å². The molecule has 1 N–H and O–H groups in total. The summed E-state index contributed by atoms with van der Waals surface area (Å²) in [6, 6.07) is 8.05. The molecule has 1 unspecified atom stereocenters. The lowest BCUT2D eigenvalue weighted by Gasteiger charge is -2.15. The summed E-state index contributed by atoms with van der Waals surface area (Å²) in [5, 5.41) is 11.8. The summed E-state index contributed by atoms with van der Waals surface area (Å²) in [7, 11) is 1.89. The minimum Gasteiger partial charge on any atom is -0.475 e. The summed E-state index contributed by atoms with van der Waals surface area (Å²) < 4.78 is 5.58. The van der Waals surface area contributed by atoms with Gasteiger partial charge in [0.2, 0.25) is 0 Å². The Morgan fingerprint density at radius 3 is 2.87 bits per heavy atom. The molecule has 0 saturated carbocycles. The third-order valence-corrected chi connectivity index (χ3v) is 2.14. The van der Waals surface area contributed by atoms with Gasteiger partial charge in [0.15, 0.2) is 6.10 Å². The zero-order chi connectivity index (χ0) is 11.3. The second-order valence-electron chi connectivity index (χ2n) is 3.48. The Kier molecular flexibility index (Phi) is 4.14. The Bertz CT molecular complexity index is 368. The van der Waals surface area contributed by atoms with Crippen molar-refractivity contribution < 1.29 is 4.74 Å². The number of ether oxygens (including phenoxy) is 1. The second kappa shape index (κ2) is 5.38. The van der Waals surface area contributed by atoms with E-state index in [1.165, 1.54) is 0 Å². The van der Waals surface area contributed by atoms with Crippen LogP contribution in [-0.2, 0) is 6.54 Å². The molecule has 0 aliphatic carbocycles.